The van der Waals surface area contributed by atoms with Crippen LogP contribution in [0.4, 0.5) is 4.39 Å². The van der Waals surface area contributed by atoms with Crippen LogP contribution in [-0.2, 0) is 6.54 Å². The first kappa shape index (κ1) is 15.6. The van der Waals surface area contributed by atoms with Crippen LogP contribution in [0.3, 0.4) is 0 Å². The Hall–Kier alpha value is -2.34. The molecular weight excluding hydrogens is 295 g/mol. The average Bonchev–Trinajstić information content (AvgIpc) is 2.83. The molecule has 2 heterocycles. The second-order valence-corrected chi connectivity index (χ2v) is 5.64. The molecular formula is C17H19FN4O. The van der Waals surface area contributed by atoms with Gasteiger partial charge in [-0.1, -0.05) is 12.1 Å². The van der Waals surface area contributed by atoms with Gasteiger partial charge in [0.25, 0.3) is 5.91 Å². The molecule has 120 valence electrons. The van der Waals surface area contributed by atoms with Crippen LogP contribution >= 0.6 is 0 Å². The van der Waals surface area contributed by atoms with Crippen molar-refractivity contribution in [2.45, 2.75) is 13.0 Å². The topological polar surface area (TPSA) is 49.3 Å². The van der Waals surface area contributed by atoms with Gasteiger partial charge in [-0.2, -0.15) is 0 Å². The van der Waals surface area contributed by atoms with E-state index in [0.29, 0.717) is 12.2 Å². The molecule has 1 aromatic carbocycles. The Morgan fingerprint density at radius 3 is 2.65 bits per heavy atom. The van der Waals surface area contributed by atoms with Crippen molar-refractivity contribution < 1.29 is 9.18 Å². The smallest absolute Gasteiger partial charge is 0.274 e. The predicted octanol–water partition coefficient (Wildman–Crippen LogP) is 1.96. The van der Waals surface area contributed by atoms with Crippen LogP contribution in [0.15, 0.2) is 42.9 Å². The summed E-state index contributed by atoms with van der Waals surface area (Å²) >= 11 is 0. The molecule has 0 atom stereocenters. The highest BCUT2D eigenvalue weighted by atomic mass is 19.1. The minimum Gasteiger partial charge on any atom is -0.336 e. The minimum atomic E-state index is -0.217. The summed E-state index contributed by atoms with van der Waals surface area (Å²) in [5, 5.41) is 0. The van der Waals surface area contributed by atoms with Gasteiger partial charge in [0.05, 0.1) is 6.20 Å². The van der Waals surface area contributed by atoms with Crippen LogP contribution in [0.1, 0.15) is 22.5 Å². The molecule has 1 aliphatic rings. The summed E-state index contributed by atoms with van der Waals surface area (Å²) in [6.45, 7) is 3.87. The lowest BCUT2D eigenvalue weighted by molar-refractivity contribution is 0.0754. The Bertz CT molecular complexity index is 647. The number of nitrogens with zero attached hydrogens (tertiary/aromatic N) is 4. The third kappa shape index (κ3) is 4.10. The van der Waals surface area contributed by atoms with Crippen molar-refractivity contribution in [3.63, 3.8) is 0 Å². The van der Waals surface area contributed by atoms with Crippen LogP contribution in [0.25, 0.3) is 0 Å². The van der Waals surface area contributed by atoms with Crippen molar-refractivity contribution in [1.82, 2.24) is 19.8 Å². The second kappa shape index (κ2) is 7.28. The van der Waals surface area contributed by atoms with E-state index < -0.39 is 0 Å². The lowest BCUT2D eigenvalue weighted by Crippen LogP contribution is -2.35. The Kier molecular flexibility index (Phi) is 4.92. The third-order valence-corrected chi connectivity index (χ3v) is 3.98. The van der Waals surface area contributed by atoms with Gasteiger partial charge >= 0.3 is 0 Å². The number of carbonyl (C=O) groups excluding carboxylic acids is 1. The predicted molar refractivity (Wildman–Crippen MR) is 84.2 cm³/mol. The van der Waals surface area contributed by atoms with Crippen LogP contribution < -0.4 is 0 Å². The summed E-state index contributed by atoms with van der Waals surface area (Å²) < 4.78 is 13.0. The highest BCUT2D eigenvalue weighted by Crippen LogP contribution is 2.11. The number of hydrogen-bond donors (Lipinski definition) is 0. The Balaban J connectivity index is 1.59. The first-order chi connectivity index (χ1) is 11.2. The molecule has 1 aliphatic heterocycles. The van der Waals surface area contributed by atoms with Crippen molar-refractivity contribution >= 4 is 5.91 Å². The maximum Gasteiger partial charge on any atom is 0.274 e. The molecule has 0 spiro atoms. The number of halogens is 1. The molecule has 5 nitrogen and oxygen atoms in total. The van der Waals surface area contributed by atoms with Crippen molar-refractivity contribution in [2.24, 2.45) is 0 Å². The van der Waals surface area contributed by atoms with E-state index in [1.165, 1.54) is 24.5 Å². The maximum atomic E-state index is 13.0. The molecule has 0 bridgehead atoms. The highest BCUT2D eigenvalue weighted by Gasteiger charge is 2.21. The average molecular weight is 314 g/mol. The largest absolute Gasteiger partial charge is 0.336 e. The number of aromatic nitrogens is 2. The summed E-state index contributed by atoms with van der Waals surface area (Å²) in [7, 11) is 0. The molecule has 0 aliphatic carbocycles. The number of benzene rings is 1. The molecule has 1 saturated heterocycles. The highest BCUT2D eigenvalue weighted by molar-refractivity contribution is 5.91. The maximum absolute atomic E-state index is 13.0. The zero-order valence-corrected chi connectivity index (χ0v) is 12.9. The van der Waals surface area contributed by atoms with Gasteiger partial charge < -0.3 is 4.90 Å². The Labute approximate surface area is 134 Å². The van der Waals surface area contributed by atoms with Crippen molar-refractivity contribution in [3.05, 3.63) is 59.9 Å². The van der Waals surface area contributed by atoms with Gasteiger partial charge in [0, 0.05) is 45.1 Å². The molecule has 6 heteroatoms. The van der Waals surface area contributed by atoms with Crippen LogP contribution in [-0.4, -0.2) is 51.9 Å². The summed E-state index contributed by atoms with van der Waals surface area (Å²) in [4.78, 5) is 24.6. The van der Waals surface area contributed by atoms with Gasteiger partial charge in [0.15, 0.2) is 0 Å². The molecule has 3 rings (SSSR count). The summed E-state index contributed by atoms with van der Waals surface area (Å²) in [6.07, 6.45) is 5.51. The van der Waals surface area contributed by atoms with Gasteiger partial charge in [0.2, 0.25) is 0 Å². The number of amides is 1. The van der Waals surface area contributed by atoms with Crippen LogP contribution in [0.2, 0.25) is 0 Å². The zero-order chi connectivity index (χ0) is 16.1. The Morgan fingerprint density at radius 1 is 1.09 bits per heavy atom. The fraction of sp³-hybridized carbons (Fsp3) is 0.353. The monoisotopic (exact) mass is 314 g/mol. The van der Waals surface area contributed by atoms with Crippen molar-refractivity contribution in [1.29, 1.82) is 0 Å². The lowest BCUT2D eigenvalue weighted by Gasteiger charge is -2.21. The molecule has 2 aromatic rings. The number of rotatable bonds is 3. The Morgan fingerprint density at radius 2 is 1.91 bits per heavy atom. The zero-order valence-electron chi connectivity index (χ0n) is 12.9. The van der Waals surface area contributed by atoms with Gasteiger partial charge in [-0.25, -0.2) is 9.37 Å². The van der Waals surface area contributed by atoms with Crippen molar-refractivity contribution in [2.75, 3.05) is 26.2 Å². The van der Waals surface area contributed by atoms with E-state index in [1.807, 2.05) is 17.0 Å². The first-order valence-corrected chi connectivity index (χ1v) is 7.74. The summed E-state index contributed by atoms with van der Waals surface area (Å²) in [6, 6.07) is 6.58. The third-order valence-electron chi connectivity index (χ3n) is 3.98. The van der Waals surface area contributed by atoms with E-state index in [-0.39, 0.29) is 11.7 Å². The van der Waals surface area contributed by atoms with Crippen LogP contribution in [0, 0.1) is 5.82 Å². The molecule has 1 aromatic heterocycles. The van der Waals surface area contributed by atoms with Gasteiger partial charge in [-0.3, -0.25) is 14.7 Å². The van der Waals surface area contributed by atoms with E-state index in [9.17, 15) is 9.18 Å². The first-order valence-electron chi connectivity index (χ1n) is 7.74. The fourth-order valence-electron chi connectivity index (χ4n) is 2.75. The summed E-state index contributed by atoms with van der Waals surface area (Å²) in [5.41, 5.74) is 1.47. The van der Waals surface area contributed by atoms with E-state index in [2.05, 4.69) is 14.9 Å². The van der Waals surface area contributed by atoms with E-state index in [0.717, 1.165) is 38.2 Å². The molecule has 0 unspecified atom stereocenters. The molecule has 1 fully saturated rings. The molecule has 0 saturated carbocycles. The molecule has 0 radical (unpaired) electrons. The SMILES string of the molecule is O=C(c1cnccn1)N1CCCN(Cc2ccc(F)cc2)CC1. The summed E-state index contributed by atoms with van der Waals surface area (Å²) in [5.74, 6) is -0.285. The molecule has 23 heavy (non-hydrogen) atoms. The number of carbonyl (C=O) groups is 1. The van der Waals surface area contributed by atoms with Crippen molar-refractivity contribution in [3.8, 4) is 0 Å². The van der Waals surface area contributed by atoms with E-state index >= 15 is 0 Å². The van der Waals surface area contributed by atoms with E-state index in [4.69, 9.17) is 0 Å². The van der Waals surface area contributed by atoms with Gasteiger partial charge in [-0.05, 0) is 24.1 Å². The minimum absolute atomic E-state index is 0.0678. The standard InChI is InChI=1S/C17H19FN4O/c18-15-4-2-14(3-5-15)13-21-8-1-9-22(11-10-21)17(23)16-12-19-6-7-20-16/h2-7,12H,1,8-11,13H2. The normalized spacial score (nSPS) is 16.1. The lowest BCUT2D eigenvalue weighted by atomic mass is 10.2. The van der Waals surface area contributed by atoms with Gasteiger partial charge in [-0.15, -0.1) is 0 Å². The van der Waals surface area contributed by atoms with E-state index in [1.54, 1.807) is 6.20 Å². The van der Waals surface area contributed by atoms with Crippen LogP contribution in [0.5, 0.6) is 0 Å². The fourth-order valence-corrected chi connectivity index (χ4v) is 2.75. The number of hydrogen-bond acceptors (Lipinski definition) is 4. The molecule has 1 amide bonds. The second-order valence-electron chi connectivity index (χ2n) is 5.64. The van der Waals surface area contributed by atoms with Gasteiger partial charge in [0.1, 0.15) is 11.5 Å². The quantitative estimate of drug-likeness (QED) is 0.869. The molecule has 0 N–H and O–H groups in total.